The molecule has 2 aromatic carbocycles. The molecule has 5 rings (SSSR count). The van der Waals surface area contributed by atoms with Gasteiger partial charge in [-0.05, 0) is 47.5 Å². The van der Waals surface area contributed by atoms with Crippen LogP contribution in [-0.4, -0.2) is 59.4 Å². The molecule has 1 aliphatic rings. The van der Waals surface area contributed by atoms with Gasteiger partial charge in [-0.2, -0.15) is 5.10 Å². The van der Waals surface area contributed by atoms with Crippen LogP contribution in [0.3, 0.4) is 0 Å². The number of anilines is 2. The first-order chi connectivity index (χ1) is 15.7. The first kappa shape index (κ1) is 19.9. The monoisotopic (exact) mass is 428 g/mol. The lowest BCUT2D eigenvalue weighted by Crippen LogP contribution is -2.50. The molecule has 0 atom stereocenters. The molecule has 2 amide bonds. The fourth-order valence-electron chi connectivity index (χ4n) is 3.94. The number of pyridine rings is 1. The maximum absolute atomic E-state index is 12.8. The molecule has 1 fully saturated rings. The van der Waals surface area contributed by atoms with Crippen molar-refractivity contribution in [2.45, 2.75) is 0 Å². The Kier molecular flexibility index (Phi) is 5.33. The van der Waals surface area contributed by atoms with E-state index in [1.807, 2.05) is 65.6 Å². The van der Waals surface area contributed by atoms with Gasteiger partial charge in [0.1, 0.15) is 11.6 Å². The third-order valence-corrected chi connectivity index (χ3v) is 5.75. The van der Waals surface area contributed by atoms with Gasteiger partial charge >= 0.3 is 6.03 Å². The van der Waals surface area contributed by atoms with Crippen LogP contribution in [0.5, 0.6) is 5.75 Å². The predicted octanol–water partition coefficient (Wildman–Crippen LogP) is 3.99. The van der Waals surface area contributed by atoms with Crippen molar-refractivity contribution in [3.05, 3.63) is 66.9 Å². The highest BCUT2D eigenvalue weighted by molar-refractivity contribution is 6.00. The van der Waals surface area contributed by atoms with Crippen molar-refractivity contribution in [2.75, 3.05) is 43.5 Å². The van der Waals surface area contributed by atoms with Gasteiger partial charge in [0.25, 0.3) is 0 Å². The van der Waals surface area contributed by atoms with Crippen LogP contribution in [0.25, 0.3) is 22.0 Å². The smallest absolute Gasteiger partial charge is 0.323 e. The van der Waals surface area contributed by atoms with Crippen molar-refractivity contribution < 1.29 is 9.53 Å². The zero-order chi connectivity index (χ0) is 21.9. The Balaban J connectivity index is 1.26. The zero-order valence-electron chi connectivity index (χ0n) is 17.8. The molecule has 1 saturated heterocycles. The van der Waals surface area contributed by atoms with Gasteiger partial charge in [0, 0.05) is 37.8 Å². The zero-order valence-corrected chi connectivity index (χ0v) is 17.8. The summed E-state index contributed by atoms with van der Waals surface area (Å²) >= 11 is 0. The van der Waals surface area contributed by atoms with Gasteiger partial charge in [-0.15, -0.1) is 0 Å². The van der Waals surface area contributed by atoms with Crippen LogP contribution in [0.2, 0.25) is 0 Å². The fourth-order valence-corrected chi connectivity index (χ4v) is 3.94. The lowest BCUT2D eigenvalue weighted by molar-refractivity contribution is 0.208. The Morgan fingerprint density at radius 3 is 2.50 bits per heavy atom. The first-order valence-electron chi connectivity index (χ1n) is 10.6. The number of ether oxygens (including phenoxy) is 1. The summed E-state index contributed by atoms with van der Waals surface area (Å²) in [6.07, 6.45) is 1.79. The number of hydrogen-bond donors (Lipinski definition) is 2. The number of aromatic nitrogens is 3. The van der Waals surface area contributed by atoms with E-state index in [2.05, 4.69) is 25.4 Å². The van der Waals surface area contributed by atoms with Crippen LogP contribution in [0.15, 0.2) is 66.9 Å². The number of nitrogens with one attached hydrogen (secondary N) is 2. The van der Waals surface area contributed by atoms with E-state index in [-0.39, 0.29) is 6.03 Å². The molecular weight excluding hydrogens is 404 g/mol. The second kappa shape index (κ2) is 8.58. The number of H-pyrrole nitrogens is 1. The summed E-state index contributed by atoms with van der Waals surface area (Å²) in [4.78, 5) is 21.2. The molecule has 0 saturated carbocycles. The van der Waals surface area contributed by atoms with Gasteiger partial charge < -0.3 is 14.5 Å². The third-order valence-electron chi connectivity index (χ3n) is 5.75. The van der Waals surface area contributed by atoms with Gasteiger partial charge in [0.05, 0.1) is 12.6 Å². The lowest BCUT2D eigenvalue weighted by Gasteiger charge is -2.35. The van der Waals surface area contributed by atoms with Crippen molar-refractivity contribution in [2.24, 2.45) is 0 Å². The van der Waals surface area contributed by atoms with Gasteiger partial charge in [0.2, 0.25) is 0 Å². The van der Waals surface area contributed by atoms with Crippen molar-refractivity contribution >= 4 is 28.6 Å². The predicted molar refractivity (Wildman–Crippen MR) is 125 cm³/mol. The highest BCUT2D eigenvalue weighted by Gasteiger charge is 2.23. The summed E-state index contributed by atoms with van der Waals surface area (Å²) < 4.78 is 5.23. The number of amides is 2. The van der Waals surface area contributed by atoms with Crippen LogP contribution in [0.1, 0.15) is 0 Å². The number of nitrogens with zero attached hydrogens (tertiary/aromatic N) is 4. The average Bonchev–Trinajstić information content (AvgIpc) is 3.26. The maximum Gasteiger partial charge on any atom is 0.323 e. The fraction of sp³-hybridized carbons (Fsp3) is 0.208. The molecule has 4 aromatic rings. The van der Waals surface area contributed by atoms with Crippen molar-refractivity contribution in [1.29, 1.82) is 0 Å². The Labute approximate surface area is 185 Å². The molecule has 32 heavy (non-hydrogen) atoms. The highest BCUT2D eigenvalue weighted by Crippen LogP contribution is 2.28. The number of hydrogen-bond acceptors (Lipinski definition) is 5. The van der Waals surface area contributed by atoms with E-state index < -0.39 is 0 Å². The molecule has 2 N–H and O–H groups in total. The van der Waals surface area contributed by atoms with Crippen molar-refractivity contribution in [3.63, 3.8) is 0 Å². The Morgan fingerprint density at radius 1 is 1.00 bits per heavy atom. The summed E-state index contributed by atoms with van der Waals surface area (Å²) in [6.45, 7) is 2.76. The highest BCUT2D eigenvalue weighted by atomic mass is 16.5. The Morgan fingerprint density at radius 2 is 1.78 bits per heavy atom. The third kappa shape index (κ3) is 3.94. The average molecular weight is 428 g/mol. The molecule has 0 radical (unpaired) electrons. The lowest BCUT2D eigenvalue weighted by atomic mass is 10.0. The Bertz CT molecular complexity index is 1210. The van der Waals surface area contributed by atoms with E-state index in [1.54, 1.807) is 13.3 Å². The molecule has 0 bridgehead atoms. The number of piperazine rings is 1. The summed E-state index contributed by atoms with van der Waals surface area (Å²) in [7, 11) is 1.65. The van der Waals surface area contributed by atoms with Crippen LogP contribution in [0.4, 0.5) is 16.4 Å². The summed E-state index contributed by atoms with van der Waals surface area (Å²) in [6, 6.07) is 19.7. The number of rotatable bonds is 4. The molecule has 8 heteroatoms. The first-order valence-corrected chi connectivity index (χ1v) is 10.6. The quantitative estimate of drug-likeness (QED) is 0.513. The largest absolute Gasteiger partial charge is 0.497 e. The summed E-state index contributed by atoms with van der Waals surface area (Å²) in [5.41, 5.74) is 3.01. The van der Waals surface area contributed by atoms with Gasteiger partial charge in [-0.25, -0.2) is 9.78 Å². The minimum Gasteiger partial charge on any atom is -0.497 e. The molecule has 1 aliphatic heterocycles. The van der Waals surface area contributed by atoms with E-state index in [1.165, 1.54) is 0 Å². The normalized spacial score (nSPS) is 13.9. The number of aromatic amines is 1. The standard InChI is InChI=1S/C24H24N6O2/c1-32-19-8-5-17(6-9-19)18-7-10-20-21(16-18)27-28-23(20)26-24(31)30-14-12-29(13-15-30)22-4-2-3-11-25-22/h2-11,16H,12-15H2,1H3,(H2,26,27,28,31). The number of methoxy groups -OCH3 is 1. The molecule has 162 valence electrons. The number of carbonyl (C=O) groups is 1. The second-order valence-corrected chi connectivity index (χ2v) is 7.65. The van der Waals surface area contributed by atoms with Crippen LogP contribution < -0.4 is 15.0 Å². The second-order valence-electron chi connectivity index (χ2n) is 7.65. The maximum atomic E-state index is 12.8. The minimum atomic E-state index is -0.140. The van der Waals surface area contributed by atoms with Gasteiger partial charge in [-0.1, -0.05) is 24.3 Å². The molecule has 0 spiro atoms. The van der Waals surface area contributed by atoms with Gasteiger partial charge in [0.15, 0.2) is 5.82 Å². The molecule has 3 heterocycles. The van der Waals surface area contributed by atoms with E-state index >= 15 is 0 Å². The molecule has 8 nitrogen and oxygen atoms in total. The van der Waals surface area contributed by atoms with E-state index in [0.29, 0.717) is 18.9 Å². The molecular formula is C24H24N6O2. The minimum absolute atomic E-state index is 0.140. The van der Waals surface area contributed by atoms with Crippen LogP contribution >= 0.6 is 0 Å². The Hall–Kier alpha value is -4.07. The van der Waals surface area contributed by atoms with E-state index in [0.717, 1.165) is 46.7 Å². The molecule has 2 aromatic heterocycles. The van der Waals surface area contributed by atoms with Crippen LogP contribution in [-0.2, 0) is 0 Å². The number of benzene rings is 2. The van der Waals surface area contributed by atoms with E-state index in [9.17, 15) is 4.79 Å². The molecule has 0 unspecified atom stereocenters. The van der Waals surface area contributed by atoms with Gasteiger partial charge in [-0.3, -0.25) is 10.4 Å². The topological polar surface area (TPSA) is 86.4 Å². The SMILES string of the molecule is COc1ccc(-c2ccc3c(NC(=O)N4CCN(c5ccccn5)CC4)n[nH]c3c2)cc1. The number of fused-ring (bicyclic) bond motifs is 1. The number of carbonyl (C=O) groups excluding carboxylic acids is 1. The van der Waals surface area contributed by atoms with Crippen LogP contribution in [0, 0.1) is 0 Å². The van der Waals surface area contributed by atoms with Crippen molar-refractivity contribution in [1.82, 2.24) is 20.1 Å². The summed E-state index contributed by atoms with van der Waals surface area (Å²) in [5.74, 6) is 2.30. The van der Waals surface area contributed by atoms with E-state index in [4.69, 9.17) is 4.74 Å². The molecule has 0 aliphatic carbocycles. The number of urea groups is 1. The van der Waals surface area contributed by atoms with Crippen molar-refractivity contribution in [3.8, 4) is 16.9 Å². The summed E-state index contributed by atoms with van der Waals surface area (Å²) in [5, 5.41) is 11.2.